The Morgan fingerprint density at radius 2 is 1.74 bits per heavy atom. The summed E-state index contributed by atoms with van der Waals surface area (Å²) in [5.74, 6) is 1.81. The summed E-state index contributed by atoms with van der Waals surface area (Å²) >= 11 is 0. The first-order valence-electron chi connectivity index (χ1n) is 12.1. The number of nitrogens with zero attached hydrogens (tertiary/aromatic N) is 7. The third kappa shape index (κ3) is 5.34. The number of aromatic nitrogens is 4. The maximum atomic E-state index is 13.3. The van der Waals surface area contributed by atoms with Crippen LogP contribution in [0.1, 0.15) is 18.4 Å². The van der Waals surface area contributed by atoms with E-state index < -0.39 is 0 Å². The van der Waals surface area contributed by atoms with Crippen molar-refractivity contribution in [3.8, 4) is 5.82 Å². The minimum Gasteiger partial charge on any atom is -0.354 e. The Balaban J connectivity index is 1.11. The lowest BCUT2D eigenvalue weighted by Gasteiger charge is -2.39. The smallest absolute Gasteiger partial charge is 0.227 e. The van der Waals surface area contributed by atoms with Gasteiger partial charge in [-0.05, 0) is 36.6 Å². The number of piperidine rings is 1. The molecule has 0 spiro atoms. The van der Waals surface area contributed by atoms with E-state index >= 15 is 0 Å². The molecule has 1 atom stereocenters. The molecule has 0 N–H and O–H groups in total. The maximum Gasteiger partial charge on any atom is 0.227 e. The van der Waals surface area contributed by atoms with Crippen LogP contribution in [0.15, 0.2) is 67.0 Å². The molecule has 2 aliphatic rings. The number of carbonyl (C=O) groups is 1. The van der Waals surface area contributed by atoms with Crippen molar-refractivity contribution in [2.45, 2.75) is 12.8 Å². The molecule has 0 radical (unpaired) electrons. The lowest BCUT2D eigenvalue weighted by molar-refractivity contribution is -0.137. The fourth-order valence-corrected chi connectivity index (χ4v) is 4.71. The SMILES string of the molecule is O=C(C1CCCN(c2ccc(-n3cccn3)nn2)C1)N1CCN(C/C=C/c2ccccc2)CC1. The summed E-state index contributed by atoms with van der Waals surface area (Å²) in [6, 6.07) is 16.1. The maximum absolute atomic E-state index is 13.3. The summed E-state index contributed by atoms with van der Waals surface area (Å²) in [5, 5.41) is 12.9. The van der Waals surface area contributed by atoms with E-state index in [9.17, 15) is 4.79 Å². The molecule has 0 saturated carbocycles. The molecule has 8 nitrogen and oxygen atoms in total. The van der Waals surface area contributed by atoms with E-state index in [2.05, 4.69) is 66.4 Å². The Hall–Kier alpha value is -3.52. The van der Waals surface area contributed by atoms with E-state index in [0.29, 0.717) is 12.4 Å². The van der Waals surface area contributed by atoms with Crippen molar-refractivity contribution < 1.29 is 4.79 Å². The Morgan fingerprint density at radius 1 is 0.941 bits per heavy atom. The molecule has 34 heavy (non-hydrogen) atoms. The van der Waals surface area contributed by atoms with Crippen molar-refractivity contribution >= 4 is 17.8 Å². The molecular formula is C26H31N7O. The fraction of sp³-hybridized carbons (Fsp3) is 0.385. The summed E-state index contributed by atoms with van der Waals surface area (Å²) in [4.78, 5) is 19.9. The minimum atomic E-state index is 0.0193. The molecule has 1 aromatic carbocycles. The van der Waals surface area contributed by atoms with Gasteiger partial charge in [0.05, 0.1) is 5.92 Å². The Labute approximate surface area is 200 Å². The van der Waals surface area contributed by atoms with Crippen LogP contribution in [-0.2, 0) is 4.79 Å². The van der Waals surface area contributed by atoms with Gasteiger partial charge >= 0.3 is 0 Å². The number of hydrogen-bond donors (Lipinski definition) is 0. The van der Waals surface area contributed by atoms with Gasteiger partial charge in [-0.15, -0.1) is 10.2 Å². The van der Waals surface area contributed by atoms with Crippen LogP contribution in [0.2, 0.25) is 0 Å². The second kappa shape index (κ2) is 10.6. The lowest BCUT2D eigenvalue weighted by atomic mass is 9.96. The molecule has 2 fully saturated rings. The molecular weight excluding hydrogens is 426 g/mol. The van der Waals surface area contributed by atoms with Gasteiger partial charge in [0.25, 0.3) is 0 Å². The first-order valence-corrected chi connectivity index (χ1v) is 12.1. The van der Waals surface area contributed by atoms with Crippen molar-refractivity contribution in [2.75, 3.05) is 50.7 Å². The highest BCUT2D eigenvalue weighted by Crippen LogP contribution is 2.23. The van der Waals surface area contributed by atoms with Crippen molar-refractivity contribution in [1.29, 1.82) is 0 Å². The molecule has 8 heteroatoms. The number of carbonyl (C=O) groups excluding carboxylic acids is 1. The molecule has 0 bridgehead atoms. The summed E-state index contributed by atoms with van der Waals surface area (Å²) in [6.07, 6.45) is 9.87. The van der Waals surface area contributed by atoms with E-state index in [1.165, 1.54) is 5.56 Å². The fourth-order valence-electron chi connectivity index (χ4n) is 4.71. The highest BCUT2D eigenvalue weighted by atomic mass is 16.2. The van der Waals surface area contributed by atoms with Gasteiger partial charge in [0.1, 0.15) is 0 Å². The zero-order valence-corrected chi connectivity index (χ0v) is 19.4. The number of benzene rings is 1. The first-order chi connectivity index (χ1) is 16.8. The number of hydrogen-bond acceptors (Lipinski definition) is 6. The van der Waals surface area contributed by atoms with Crippen LogP contribution in [-0.4, -0.2) is 81.5 Å². The van der Waals surface area contributed by atoms with Crippen LogP contribution in [0.4, 0.5) is 5.82 Å². The largest absolute Gasteiger partial charge is 0.354 e. The lowest BCUT2D eigenvalue weighted by Crippen LogP contribution is -2.52. The minimum absolute atomic E-state index is 0.0193. The molecule has 0 aliphatic carbocycles. The van der Waals surface area contributed by atoms with Crippen molar-refractivity contribution in [3.63, 3.8) is 0 Å². The van der Waals surface area contributed by atoms with Gasteiger partial charge in [0.2, 0.25) is 5.91 Å². The highest BCUT2D eigenvalue weighted by Gasteiger charge is 2.31. The number of piperazine rings is 1. The van der Waals surface area contributed by atoms with Gasteiger partial charge < -0.3 is 9.80 Å². The van der Waals surface area contributed by atoms with E-state index in [1.54, 1.807) is 10.9 Å². The summed E-state index contributed by atoms with van der Waals surface area (Å²) in [7, 11) is 0. The van der Waals surface area contributed by atoms with Crippen LogP contribution < -0.4 is 4.90 Å². The van der Waals surface area contributed by atoms with Crippen LogP contribution in [0.25, 0.3) is 11.9 Å². The van der Waals surface area contributed by atoms with Crippen LogP contribution in [0.5, 0.6) is 0 Å². The van der Waals surface area contributed by atoms with Gasteiger partial charge in [-0.25, -0.2) is 4.68 Å². The predicted molar refractivity (Wildman–Crippen MR) is 133 cm³/mol. The molecule has 2 aliphatic heterocycles. The average molecular weight is 458 g/mol. The van der Waals surface area contributed by atoms with Gasteiger partial charge in [-0.1, -0.05) is 42.5 Å². The van der Waals surface area contributed by atoms with E-state index in [4.69, 9.17) is 0 Å². The van der Waals surface area contributed by atoms with Crippen molar-refractivity contribution in [2.24, 2.45) is 5.92 Å². The van der Waals surface area contributed by atoms with Gasteiger partial charge in [-0.3, -0.25) is 9.69 Å². The Morgan fingerprint density at radius 3 is 2.47 bits per heavy atom. The zero-order chi connectivity index (χ0) is 23.2. The highest BCUT2D eigenvalue weighted by molar-refractivity contribution is 5.80. The number of amides is 1. The molecule has 4 heterocycles. The second-order valence-corrected chi connectivity index (χ2v) is 8.92. The average Bonchev–Trinajstić information content (AvgIpc) is 3.45. The Bertz CT molecular complexity index is 1070. The quantitative estimate of drug-likeness (QED) is 0.567. The van der Waals surface area contributed by atoms with Crippen LogP contribution in [0.3, 0.4) is 0 Å². The summed E-state index contributed by atoms with van der Waals surface area (Å²) < 4.78 is 1.69. The normalized spacial score (nSPS) is 19.6. The molecule has 2 saturated heterocycles. The van der Waals surface area contributed by atoms with Crippen LogP contribution in [0, 0.1) is 5.92 Å². The van der Waals surface area contributed by atoms with Gasteiger partial charge in [-0.2, -0.15) is 5.10 Å². The monoisotopic (exact) mass is 457 g/mol. The van der Waals surface area contributed by atoms with Gasteiger partial charge in [0, 0.05) is 58.2 Å². The van der Waals surface area contributed by atoms with Crippen molar-refractivity contribution in [3.05, 3.63) is 72.6 Å². The summed E-state index contributed by atoms with van der Waals surface area (Å²) in [5.41, 5.74) is 1.22. The van der Waals surface area contributed by atoms with E-state index in [1.807, 2.05) is 30.5 Å². The molecule has 176 valence electrons. The molecule has 1 amide bonds. The first kappa shape index (κ1) is 22.3. The molecule has 3 aromatic rings. The predicted octanol–water partition coefficient (Wildman–Crippen LogP) is 2.74. The third-order valence-electron chi connectivity index (χ3n) is 6.63. The third-order valence-corrected chi connectivity index (χ3v) is 6.63. The Kier molecular flexibility index (Phi) is 6.95. The van der Waals surface area contributed by atoms with Crippen molar-refractivity contribution in [1.82, 2.24) is 29.8 Å². The molecule has 5 rings (SSSR count). The summed E-state index contributed by atoms with van der Waals surface area (Å²) in [6.45, 7) is 5.96. The zero-order valence-electron chi connectivity index (χ0n) is 19.4. The topological polar surface area (TPSA) is 70.4 Å². The van der Waals surface area contributed by atoms with Crippen LogP contribution >= 0.6 is 0 Å². The standard InChI is InChI=1S/C26H31N7O/c34-26(31-19-17-30(18-20-31)14-4-9-22-7-2-1-3-8-22)23-10-5-15-32(21-23)24-11-12-25(29-28-24)33-16-6-13-27-33/h1-4,6-9,11-13,16,23H,5,10,14-15,17-21H2/b9-4+. The van der Waals surface area contributed by atoms with E-state index in [-0.39, 0.29) is 11.8 Å². The number of rotatable bonds is 6. The molecule has 1 unspecified atom stereocenters. The van der Waals surface area contributed by atoms with E-state index in [0.717, 1.165) is 57.9 Å². The molecule has 2 aromatic heterocycles. The van der Waals surface area contributed by atoms with Gasteiger partial charge in [0.15, 0.2) is 11.6 Å². The number of anilines is 1. The second-order valence-electron chi connectivity index (χ2n) is 8.92.